The van der Waals surface area contributed by atoms with Crippen LogP contribution in [0.1, 0.15) is 11.4 Å². The van der Waals surface area contributed by atoms with Crippen molar-refractivity contribution in [3.8, 4) is 11.1 Å². The molecule has 0 unspecified atom stereocenters. The molecular formula is C19H18N2. The third kappa shape index (κ3) is 3.48. The zero-order valence-corrected chi connectivity index (χ0v) is 12.1. The number of hydrogen-bond donors (Lipinski definition) is 1. The molecule has 2 aromatic carbocycles. The normalized spacial score (nSPS) is 10.3. The molecule has 0 aliphatic heterocycles. The SMILES string of the molecule is Cc1cccc(CNc2ccc(-c3ccccc3)cc2)n1. The first kappa shape index (κ1) is 13.4. The Morgan fingerprint density at radius 1 is 0.762 bits per heavy atom. The number of anilines is 1. The molecule has 0 amide bonds. The van der Waals surface area contributed by atoms with Gasteiger partial charge in [-0.05, 0) is 42.3 Å². The van der Waals surface area contributed by atoms with Gasteiger partial charge in [-0.15, -0.1) is 0 Å². The molecule has 3 aromatic rings. The largest absolute Gasteiger partial charge is 0.379 e. The molecule has 0 bridgehead atoms. The van der Waals surface area contributed by atoms with E-state index in [4.69, 9.17) is 0 Å². The number of nitrogens with zero attached hydrogens (tertiary/aromatic N) is 1. The zero-order valence-electron chi connectivity index (χ0n) is 12.1. The van der Waals surface area contributed by atoms with E-state index in [0.29, 0.717) is 0 Å². The van der Waals surface area contributed by atoms with Crippen LogP contribution >= 0.6 is 0 Å². The topological polar surface area (TPSA) is 24.9 Å². The number of pyridine rings is 1. The highest BCUT2D eigenvalue weighted by molar-refractivity contribution is 5.65. The quantitative estimate of drug-likeness (QED) is 0.748. The lowest BCUT2D eigenvalue weighted by molar-refractivity contribution is 1.02. The highest BCUT2D eigenvalue weighted by Gasteiger charge is 1.98. The summed E-state index contributed by atoms with van der Waals surface area (Å²) in [5.74, 6) is 0. The average molecular weight is 274 g/mol. The van der Waals surface area contributed by atoms with E-state index in [1.807, 2.05) is 31.2 Å². The van der Waals surface area contributed by atoms with Gasteiger partial charge >= 0.3 is 0 Å². The van der Waals surface area contributed by atoms with E-state index in [-0.39, 0.29) is 0 Å². The van der Waals surface area contributed by atoms with Crippen molar-refractivity contribution in [1.29, 1.82) is 0 Å². The minimum absolute atomic E-state index is 0.742. The van der Waals surface area contributed by atoms with Gasteiger partial charge in [0, 0.05) is 11.4 Å². The smallest absolute Gasteiger partial charge is 0.0597 e. The molecule has 3 rings (SSSR count). The lowest BCUT2D eigenvalue weighted by Crippen LogP contribution is -2.01. The Morgan fingerprint density at radius 3 is 2.19 bits per heavy atom. The first-order valence-corrected chi connectivity index (χ1v) is 7.13. The van der Waals surface area contributed by atoms with Crippen LogP contribution in [0.15, 0.2) is 72.8 Å². The van der Waals surface area contributed by atoms with Crippen molar-refractivity contribution in [2.24, 2.45) is 0 Å². The second kappa shape index (κ2) is 6.23. The van der Waals surface area contributed by atoms with Crippen LogP contribution in [0.25, 0.3) is 11.1 Å². The van der Waals surface area contributed by atoms with E-state index in [1.54, 1.807) is 0 Å². The number of rotatable bonds is 4. The molecule has 1 heterocycles. The maximum absolute atomic E-state index is 4.49. The number of nitrogens with one attached hydrogen (secondary N) is 1. The standard InChI is InChI=1S/C19H18N2/c1-15-6-5-9-19(21-15)14-20-18-12-10-17(11-13-18)16-7-3-2-4-8-16/h2-13,20H,14H2,1H3. The summed E-state index contributed by atoms with van der Waals surface area (Å²) in [6, 6.07) is 25.0. The molecule has 1 aromatic heterocycles. The minimum Gasteiger partial charge on any atom is -0.379 e. The van der Waals surface area contributed by atoms with Gasteiger partial charge in [-0.3, -0.25) is 4.98 Å². The lowest BCUT2D eigenvalue weighted by atomic mass is 10.1. The Hall–Kier alpha value is -2.61. The van der Waals surface area contributed by atoms with Crippen LogP contribution in [0.2, 0.25) is 0 Å². The van der Waals surface area contributed by atoms with Crippen LogP contribution in [0.3, 0.4) is 0 Å². The maximum atomic E-state index is 4.49. The predicted molar refractivity (Wildman–Crippen MR) is 88.2 cm³/mol. The zero-order chi connectivity index (χ0) is 14.5. The van der Waals surface area contributed by atoms with Crippen LogP contribution in [-0.4, -0.2) is 4.98 Å². The summed E-state index contributed by atoms with van der Waals surface area (Å²) in [7, 11) is 0. The Balaban J connectivity index is 1.68. The van der Waals surface area contributed by atoms with E-state index < -0.39 is 0 Å². The first-order chi connectivity index (χ1) is 10.3. The number of aromatic nitrogens is 1. The molecular weight excluding hydrogens is 256 g/mol. The second-order valence-corrected chi connectivity index (χ2v) is 5.07. The predicted octanol–water partition coefficient (Wildman–Crippen LogP) is 4.67. The molecule has 2 heteroatoms. The fourth-order valence-corrected chi connectivity index (χ4v) is 2.30. The number of aryl methyl sites for hydroxylation is 1. The highest BCUT2D eigenvalue weighted by Crippen LogP contribution is 2.21. The first-order valence-electron chi connectivity index (χ1n) is 7.13. The van der Waals surface area contributed by atoms with Crippen LogP contribution in [0.5, 0.6) is 0 Å². The monoisotopic (exact) mass is 274 g/mol. The fraction of sp³-hybridized carbons (Fsp3) is 0.105. The van der Waals surface area contributed by atoms with Gasteiger partial charge in [0.2, 0.25) is 0 Å². The fourth-order valence-electron chi connectivity index (χ4n) is 2.30. The summed E-state index contributed by atoms with van der Waals surface area (Å²) in [6.45, 7) is 2.75. The van der Waals surface area contributed by atoms with Gasteiger partial charge < -0.3 is 5.32 Å². The molecule has 0 saturated carbocycles. The van der Waals surface area contributed by atoms with Crippen molar-refractivity contribution in [3.05, 3.63) is 84.2 Å². The third-order valence-corrected chi connectivity index (χ3v) is 3.41. The molecule has 104 valence electrons. The van der Waals surface area contributed by atoms with Gasteiger partial charge in [0.15, 0.2) is 0 Å². The molecule has 0 saturated heterocycles. The molecule has 0 fully saturated rings. The van der Waals surface area contributed by atoms with Gasteiger partial charge in [-0.2, -0.15) is 0 Å². The maximum Gasteiger partial charge on any atom is 0.0597 e. The van der Waals surface area contributed by atoms with Crippen molar-refractivity contribution >= 4 is 5.69 Å². The van der Waals surface area contributed by atoms with Gasteiger partial charge in [0.1, 0.15) is 0 Å². The summed E-state index contributed by atoms with van der Waals surface area (Å²) >= 11 is 0. The summed E-state index contributed by atoms with van der Waals surface area (Å²) in [5.41, 5.74) is 5.69. The van der Waals surface area contributed by atoms with Crippen LogP contribution in [0.4, 0.5) is 5.69 Å². The van der Waals surface area contributed by atoms with Crippen molar-refractivity contribution < 1.29 is 0 Å². The second-order valence-electron chi connectivity index (χ2n) is 5.07. The number of hydrogen-bond acceptors (Lipinski definition) is 2. The molecule has 0 spiro atoms. The van der Waals surface area contributed by atoms with Crippen molar-refractivity contribution in [2.75, 3.05) is 5.32 Å². The highest BCUT2D eigenvalue weighted by atomic mass is 14.9. The van der Waals surface area contributed by atoms with Crippen LogP contribution < -0.4 is 5.32 Å². The van der Waals surface area contributed by atoms with Gasteiger partial charge in [0.25, 0.3) is 0 Å². The van der Waals surface area contributed by atoms with Crippen molar-refractivity contribution in [2.45, 2.75) is 13.5 Å². The van der Waals surface area contributed by atoms with E-state index >= 15 is 0 Å². The van der Waals surface area contributed by atoms with Crippen LogP contribution in [0, 0.1) is 6.92 Å². The lowest BCUT2D eigenvalue weighted by Gasteiger charge is -2.08. The Bertz CT molecular complexity index is 703. The Kier molecular flexibility index (Phi) is 3.97. The minimum atomic E-state index is 0.742. The van der Waals surface area contributed by atoms with Gasteiger partial charge in [-0.1, -0.05) is 48.5 Å². The summed E-state index contributed by atoms with van der Waals surface area (Å²) in [4.78, 5) is 4.49. The molecule has 21 heavy (non-hydrogen) atoms. The Morgan fingerprint density at radius 2 is 1.48 bits per heavy atom. The molecule has 0 aliphatic rings. The van der Waals surface area contributed by atoms with E-state index in [1.165, 1.54) is 11.1 Å². The summed E-state index contributed by atoms with van der Waals surface area (Å²) < 4.78 is 0. The number of benzene rings is 2. The average Bonchev–Trinajstić information content (AvgIpc) is 2.54. The molecule has 0 aliphatic carbocycles. The van der Waals surface area contributed by atoms with Gasteiger partial charge in [-0.25, -0.2) is 0 Å². The van der Waals surface area contributed by atoms with Gasteiger partial charge in [0.05, 0.1) is 12.2 Å². The molecule has 0 atom stereocenters. The molecule has 0 radical (unpaired) electrons. The van der Waals surface area contributed by atoms with Crippen LogP contribution in [-0.2, 0) is 6.54 Å². The van der Waals surface area contributed by atoms with E-state index in [2.05, 4.69) is 58.8 Å². The Labute approximate surface area is 125 Å². The molecule has 1 N–H and O–H groups in total. The van der Waals surface area contributed by atoms with E-state index in [9.17, 15) is 0 Å². The van der Waals surface area contributed by atoms with E-state index in [0.717, 1.165) is 23.6 Å². The van der Waals surface area contributed by atoms with Crippen molar-refractivity contribution in [3.63, 3.8) is 0 Å². The van der Waals surface area contributed by atoms with Crippen molar-refractivity contribution in [1.82, 2.24) is 4.98 Å². The molecule has 2 nitrogen and oxygen atoms in total. The summed E-state index contributed by atoms with van der Waals surface area (Å²) in [5, 5.41) is 3.40. The third-order valence-electron chi connectivity index (χ3n) is 3.41. The summed E-state index contributed by atoms with van der Waals surface area (Å²) in [6.07, 6.45) is 0.